The summed E-state index contributed by atoms with van der Waals surface area (Å²) in [4.78, 5) is 13.4. The molecule has 3 fully saturated rings. The standard InChI is InChI=1S/C14H23NO4/c16-14(17)13-6-5-10(19-13)9-15-7-8-18-12-4-2-1-3-11(12)15/h10-13H,1-9H2,(H,16,17). The molecule has 5 nitrogen and oxygen atoms in total. The normalized spacial score (nSPS) is 40.0. The second kappa shape index (κ2) is 5.77. The molecule has 2 aliphatic heterocycles. The SMILES string of the molecule is O=C(O)C1CCC(CN2CCOC3CCCCC32)O1. The van der Waals surface area contributed by atoms with E-state index < -0.39 is 12.1 Å². The minimum Gasteiger partial charge on any atom is -0.479 e. The van der Waals surface area contributed by atoms with E-state index in [0.29, 0.717) is 18.6 Å². The van der Waals surface area contributed by atoms with Gasteiger partial charge >= 0.3 is 5.97 Å². The first kappa shape index (κ1) is 13.3. The molecule has 4 atom stereocenters. The smallest absolute Gasteiger partial charge is 0.332 e. The van der Waals surface area contributed by atoms with Gasteiger partial charge in [0.25, 0.3) is 0 Å². The molecule has 1 aliphatic carbocycles. The number of nitrogens with zero attached hydrogens (tertiary/aromatic N) is 1. The lowest BCUT2D eigenvalue weighted by molar-refractivity contribution is -0.151. The first-order valence-electron chi connectivity index (χ1n) is 7.48. The fraction of sp³-hybridized carbons (Fsp3) is 0.929. The number of fused-ring (bicyclic) bond motifs is 1. The second-order valence-corrected chi connectivity index (χ2v) is 5.92. The zero-order chi connectivity index (χ0) is 13.2. The Bertz CT molecular complexity index is 333. The molecule has 108 valence electrons. The van der Waals surface area contributed by atoms with Crippen molar-refractivity contribution < 1.29 is 19.4 Å². The lowest BCUT2D eigenvalue weighted by Crippen LogP contribution is -2.54. The van der Waals surface area contributed by atoms with Gasteiger partial charge in [0.15, 0.2) is 6.10 Å². The number of carboxylic acids is 1. The van der Waals surface area contributed by atoms with Gasteiger partial charge in [-0.25, -0.2) is 4.79 Å². The van der Waals surface area contributed by atoms with Crippen molar-refractivity contribution in [2.45, 2.75) is 62.9 Å². The van der Waals surface area contributed by atoms with Gasteiger partial charge in [0, 0.05) is 19.1 Å². The molecule has 0 radical (unpaired) electrons. The average Bonchev–Trinajstić information content (AvgIpc) is 2.88. The largest absolute Gasteiger partial charge is 0.479 e. The summed E-state index contributed by atoms with van der Waals surface area (Å²) in [7, 11) is 0. The van der Waals surface area contributed by atoms with Gasteiger partial charge < -0.3 is 14.6 Å². The number of hydrogen-bond acceptors (Lipinski definition) is 4. The third-order valence-electron chi connectivity index (χ3n) is 4.67. The molecule has 5 heteroatoms. The summed E-state index contributed by atoms with van der Waals surface area (Å²) in [6.45, 7) is 2.63. The van der Waals surface area contributed by atoms with Crippen LogP contribution in [0, 0.1) is 0 Å². The van der Waals surface area contributed by atoms with E-state index in [0.717, 1.165) is 26.1 Å². The minimum absolute atomic E-state index is 0.0850. The zero-order valence-electron chi connectivity index (χ0n) is 11.3. The van der Waals surface area contributed by atoms with Gasteiger partial charge in [-0.05, 0) is 25.7 Å². The molecule has 0 bridgehead atoms. The number of ether oxygens (including phenoxy) is 2. The van der Waals surface area contributed by atoms with Gasteiger partial charge in [0.05, 0.1) is 18.8 Å². The van der Waals surface area contributed by atoms with Gasteiger partial charge in [0.1, 0.15) is 0 Å². The lowest BCUT2D eigenvalue weighted by Gasteiger charge is -2.44. The van der Waals surface area contributed by atoms with E-state index in [9.17, 15) is 4.79 Å². The van der Waals surface area contributed by atoms with Crippen LogP contribution in [-0.2, 0) is 14.3 Å². The molecular formula is C14H23NO4. The van der Waals surface area contributed by atoms with Crippen LogP contribution in [0.25, 0.3) is 0 Å². The molecule has 1 saturated carbocycles. The summed E-state index contributed by atoms with van der Waals surface area (Å²) in [5, 5.41) is 8.97. The second-order valence-electron chi connectivity index (χ2n) is 5.92. The van der Waals surface area contributed by atoms with Crippen LogP contribution in [0.4, 0.5) is 0 Å². The molecule has 0 aromatic rings. The van der Waals surface area contributed by atoms with Crippen LogP contribution in [0.15, 0.2) is 0 Å². The van der Waals surface area contributed by atoms with Crippen LogP contribution in [0.2, 0.25) is 0 Å². The molecule has 19 heavy (non-hydrogen) atoms. The number of carbonyl (C=O) groups is 1. The zero-order valence-corrected chi connectivity index (χ0v) is 11.3. The summed E-state index contributed by atoms with van der Waals surface area (Å²) in [5.41, 5.74) is 0. The van der Waals surface area contributed by atoms with Crippen LogP contribution < -0.4 is 0 Å². The Morgan fingerprint density at radius 2 is 2.05 bits per heavy atom. The van der Waals surface area contributed by atoms with Gasteiger partial charge in [-0.2, -0.15) is 0 Å². The third-order valence-corrected chi connectivity index (χ3v) is 4.67. The van der Waals surface area contributed by atoms with Gasteiger partial charge in [0.2, 0.25) is 0 Å². The summed E-state index contributed by atoms with van der Waals surface area (Å²) in [6.07, 6.45) is 6.34. The monoisotopic (exact) mass is 269 g/mol. The highest BCUT2D eigenvalue weighted by Crippen LogP contribution is 2.30. The van der Waals surface area contributed by atoms with Crippen molar-refractivity contribution >= 4 is 5.97 Å². The van der Waals surface area contributed by atoms with E-state index in [4.69, 9.17) is 14.6 Å². The fourth-order valence-electron chi connectivity index (χ4n) is 3.69. The maximum absolute atomic E-state index is 10.9. The maximum Gasteiger partial charge on any atom is 0.332 e. The molecule has 4 unspecified atom stereocenters. The predicted molar refractivity (Wildman–Crippen MR) is 69.1 cm³/mol. The van der Waals surface area contributed by atoms with E-state index in [1.807, 2.05) is 0 Å². The van der Waals surface area contributed by atoms with Crippen molar-refractivity contribution in [3.05, 3.63) is 0 Å². The van der Waals surface area contributed by atoms with Crippen LogP contribution in [0.3, 0.4) is 0 Å². The quantitative estimate of drug-likeness (QED) is 0.836. The fourth-order valence-corrected chi connectivity index (χ4v) is 3.69. The van der Waals surface area contributed by atoms with E-state index in [1.54, 1.807) is 0 Å². The molecule has 2 heterocycles. The average molecular weight is 269 g/mol. The first-order valence-corrected chi connectivity index (χ1v) is 7.48. The maximum atomic E-state index is 10.9. The van der Waals surface area contributed by atoms with E-state index in [2.05, 4.69) is 4.90 Å². The van der Waals surface area contributed by atoms with Crippen LogP contribution in [0.1, 0.15) is 38.5 Å². The molecule has 2 saturated heterocycles. The van der Waals surface area contributed by atoms with Gasteiger partial charge in [-0.1, -0.05) is 12.8 Å². The number of rotatable bonds is 3. The first-order chi connectivity index (χ1) is 9.24. The Morgan fingerprint density at radius 1 is 1.21 bits per heavy atom. The number of hydrogen-bond donors (Lipinski definition) is 1. The Balaban J connectivity index is 1.55. The molecule has 3 rings (SSSR count). The predicted octanol–water partition coefficient (Wildman–Crippen LogP) is 1.26. The van der Waals surface area contributed by atoms with Crippen molar-refractivity contribution in [2.75, 3.05) is 19.7 Å². The van der Waals surface area contributed by atoms with E-state index in [1.165, 1.54) is 25.7 Å². The van der Waals surface area contributed by atoms with Crippen molar-refractivity contribution in [2.24, 2.45) is 0 Å². The van der Waals surface area contributed by atoms with Crippen molar-refractivity contribution in [3.63, 3.8) is 0 Å². The number of aliphatic carboxylic acids is 1. The molecule has 1 N–H and O–H groups in total. The summed E-state index contributed by atoms with van der Waals surface area (Å²) >= 11 is 0. The topological polar surface area (TPSA) is 59.0 Å². The molecular weight excluding hydrogens is 246 g/mol. The Kier molecular flexibility index (Phi) is 4.05. The summed E-state index contributed by atoms with van der Waals surface area (Å²) < 4.78 is 11.5. The van der Waals surface area contributed by atoms with Crippen LogP contribution in [-0.4, -0.2) is 60.0 Å². The van der Waals surface area contributed by atoms with Gasteiger partial charge in [-0.15, -0.1) is 0 Å². The van der Waals surface area contributed by atoms with Crippen molar-refractivity contribution in [3.8, 4) is 0 Å². The lowest BCUT2D eigenvalue weighted by atomic mass is 9.90. The van der Waals surface area contributed by atoms with Crippen molar-refractivity contribution in [1.29, 1.82) is 0 Å². The number of carboxylic acid groups (broad SMARTS) is 1. The Morgan fingerprint density at radius 3 is 2.84 bits per heavy atom. The van der Waals surface area contributed by atoms with Gasteiger partial charge in [-0.3, -0.25) is 4.90 Å². The van der Waals surface area contributed by atoms with Crippen LogP contribution >= 0.6 is 0 Å². The highest BCUT2D eigenvalue weighted by atomic mass is 16.5. The summed E-state index contributed by atoms with van der Waals surface area (Å²) in [5.74, 6) is -0.819. The van der Waals surface area contributed by atoms with E-state index in [-0.39, 0.29) is 6.10 Å². The highest BCUT2D eigenvalue weighted by molar-refractivity contribution is 5.72. The number of morpholine rings is 1. The third kappa shape index (κ3) is 2.93. The van der Waals surface area contributed by atoms with E-state index >= 15 is 0 Å². The molecule has 0 amide bonds. The Hall–Kier alpha value is -0.650. The molecule has 0 aromatic heterocycles. The minimum atomic E-state index is -0.819. The molecule has 3 aliphatic rings. The molecule has 0 spiro atoms. The van der Waals surface area contributed by atoms with Crippen LogP contribution in [0.5, 0.6) is 0 Å². The Labute approximate surface area is 113 Å². The molecule has 0 aromatic carbocycles. The summed E-state index contributed by atoms with van der Waals surface area (Å²) in [6, 6.07) is 0.523. The van der Waals surface area contributed by atoms with Crippen molar-refractivity contribution in [1.82, 2.24) is 4.90 Å². The highest BCUT2D eigenvalue weighted by Gasteiger charge is 2.37.